The molecule has 0 atom stereocenters. The van der Waals surface area contributed by atoms with Crippen LogP contribution >= 0.6 is 0 Å². The summed E-state index contributed by atoms with van der Waals surface area (Å²) in [6.07, 6.45) is 0. The van der Waals surface area contributed by atoms with Gasteiger partial charge >= 0.3 is 0 Å². The Bertz CT molecular complexity index is 437. The van der Waals surface area contributed by atoms with Gasteiger partial charge in [0.05, 0.1) is 11.3 Å². The van der Waals surface area contributed by atoms with Gasteiger partial charge in [-0.05, 0) is 32.0 Å². The van der Waals surface area contributed by atoms with Gasteiger partial charge in [-0.1, -0.05) is 0 Å². The Morgan fingerprint density at radius 3 is 2.42 bits per heavy atom. The molecule has 1 fully saturated rings. The maximum atomic E-state index is 13.8. The minimum Gasteiger partial charge on any atom is -0.399 e. The lowest BCUT2D eigenvalue weighted by Gasteiger charge is -2.38. The highest BCUT2D eigenvalue weighted by Gasteiger charge is 2.23. The zero-order valence-electron chi connectivity index (χ0n) is 11.6. The Hall–Kier alpha value is -1.33. The summed E-state index contributed by atoms with van der Waals surface area (Å²) in [6.45, 7) is 7.43. The molecule has 0 bridgehead atoms. The Balaban J connectivity index is 1.96. The Morgan fingerprint density at radius 1 is 1.26 bits per heavy atom. The normalized spacial score (nSPS) is 17.8. The van der Waals surface area contributed by atoms with Gasteiger partial charge < -0.3 is 15.7 Å². The van der Waals surface area contributed by atoms with Crippen LogP contribution in [-0.2, 0) is 0 Å². The van der Waals surface area contributed by atoms with Gasteiger partial charge in [0.1, 0.15) is 5.82 Å². The van der Waals surface area contributed by atoms with Crippen LogP contribution in [0.25, 0.3) is 0 Å². The summed E-state index contributed by atoms with van der Waals surface area (Å²) in [4.78, 5) is 4.22. The molecule has 3 N–H and O–H groups in total. The number of halogens is 1. The molecule has 19 heavy (non-hydrogen) atoms. The minimum absolute atomic E-state index is 0.268. The van der Waals surface area contributed by atoms with Crippen molar-refractivity contribution in [2.45, 2.75) is 19.4 Å². The molecule has 4 nitrogen and oxygen atoms in total. The molecule has 0 aliphatic carbocycles. The molecule has 1 heterocycles. The quantitative estimate of drug-likeness (QED) is 0.811. The largest absolute Gasteiger partial charge is 0.399 e. The highest BCUT2D eigenvalue weighted by molar-refractivity contribution is 5.54. The molecule has 0 aromatic heterocycles. The number of rotatable bonds is 3. The molecule has 0 radical (unpaired) electrons. The molecule has 2 rings (SSSR count). The van der Waals surface area contributed by atoms with E-state index in [9.17, 15) is 9.50 Å². The topological polar surface area (TPSA) is 52.7 Å². The average Bonchev–Trinajstić information content (AvgIpc) is 2.28. The van der Waals surface area contributed by atoms with Crippen LogP contribution in [0.2, 0.25) is 0 Å². The number of piperazine rings is 1. The summed E-state index contributed by atoms with van der Waals surface area (Å²) in [7, 11) is 0. The monoisotopic (exact) mass is 267 g/mol. The van der Waals surface area contributed by atoms with Crippen molar-refractivity contribution in [1.82, 2.24) is 4.90 Å². The number of β-amino-alcohol motifs (C(OH)–C–C–N with tert-alkyl or cyclic N) is 1. The highest BCUT2D eigenvalue weighted by atomic mass is 19.1. The van der Waals surface area contributed by atoms with Crippen molar-refractivity contribution < 1.29 is 9.50 Å². The van der Waals surface area contributed by atoms with Gasteiger partial charge in [0, 0.05) is 38.4 Å². The molecule has 0 amide bonds. The summed E-state index contributed by atoms with van der Waals surface area (Å²) < 4.78 is 13.8. The standard InChI is InChI=1S/C14H22FN3O/c1-14(2,19)10-17-5-7-18(8-6-17)13-4-3-11(16)9-12(13)15/h3-4,9,19H,5-8,10,16H2,1-2H3. The third kappa shape index (κ3) is 3.81. The lowest BCUT2D eigenvalue weighted by atomic mass is 10.1. The number of hydrogen-bond acceptors (Lipinski definition) is 4. The summed E-state index contributed by atoms with van der Waals surface area (Å²) in [5, 5.41) is 9.80. The van der Waals surface area contributed by atoms with Gasteiger partial charge in [0.2, 0.25) is 0 Å². The van der Waals surface area contributed by atoms with E-state index in [0.29, 0.717) is 17.9 Å². The predicted molar refractivity (Wildman–Crippen MR) is 75.8 cm³/mol. The zero-order chi connectivity index (χ0) is 14.0. The van der Waals surface area contributed by atoms with Crippen molar-refractivity contribution in [2.24, 2.45) is 0 Å². The van der Waals surface area contributed by atoms with Crippen molar-refractivity contribution >= 4 is 11.4 Å². The first-order valence-corrected chi connectivity index (χ1v) is 6.60. The summed E-state index contributed by atoms with van der Waals surface area (Å²) in [5.41, 5.74) is 5.92. The number of nitrogens with two attached hydrogens (primary N) is 1. The van der Waals surface area contributed by atoms with Crippen molar-refractivity contribution in [1.29, 1.82) is 0 Å². The second-order valence-corrected chi connectivity index (χ2v) is 5.79. The third-order valence-electron chi connectivity index (χ3n) is 3.30. The molecule has 0 spiro atoms. The fourth-order valence-corrected chi connectivity index (χ4v) is 2.47. The molecule has 0 saturated carbocycles. The van der Waals surface area contributed by atoms with E-state index in [2.05, 4.69) is 4.90 Å². The van der Waals surface area contributed by atoms with E-state index in [-0.39, 0.29) is 5.82 Å². The second-order valence-electron chi connectivity index (χ2n) is 5.79. The van der Waals surface area contributed by atoms with Gasteiger partial charge in [-0.15, -0.1) is 0 Å². The third-order valence-corrected chi connectivity index (χ3v) is 3.30. The average molecular weight is 267 g/mol. The smallest absolute Gasteiger partial charge is 0.148 e. The molecule has 106 valence electrons. The van der Waals surface area contributed by atoms with E-state index in [1.165, 1.54) is 6.07 Å². The zero-order valence-corrected chi connectivity index (χ0v) is 11.6. The lowest BCUT2D eigenvalue weighted by Crippen LogP contribution is -2.50. The van der Waals surface area contributed by atoms with E-state index in [0.717, 1.165) is 26.2 Å². The van der Waals surface area contributed by atoms with Gasteiger partial charge in [0.25, 0.3) is 0 Å². The molecule has 1 aromatic carbocycles. The predicted octanol–water partition coefficient (Wildman–Crippen LogP) is 1.30. The van der Waals surface area contributed by atoms with Crippen LogP contribution in [0, 0.1) is 5.82 Å². The van der Waals surface area contributed by atoms with E-state index in [1.54, 1.807) is 26.0 Å². The molecule has 1 aliphatic heterocycles. The van der Waals surface area contributed by atoms with Crippen LogP contribution in [0.3, 0.4) is 0 Å². The number of aliphatic hydroxyl groups is 1. The maximum Gasteiger partial charge on any atom is 0.148 e. The number of nitrogen functional groups attached to an aromatic ring is 1. The van der Waals surface area contributed by atoms with Gasteiger partial charge in [-0.2, -0.15) is 0 Å². The van der Waals surface area contributed by atoms with E-state index in [4.69, 9.17) is 5.73 Å². The molecular formula is C14H22FN3O. The second kappa shape index (κ2) is 5.35. The van der Waals surface area contributed by atoms with Gasteiger partial charge in [0.15, 0.2) is 0 Å². The summed E-state index contributed by atoms with van der Waals surface area (Å²) in [5.74, 6) is -0.268. The molecule has 1 saturated heterocycles. The van der Waals surface area contributed by atoms with Crippen molar-refractivity contribution in [3.05, 3.63) is 24.0 Å². The van der Waals surface area contributed by atoms with E-state index >= 15 is 0 Å². The fourth-order valence-electron chi connectivity index (χ4n) is 2.47. The highest BCUT2D eigenvalue weighted by Crippen LogP contribution is 2.23. The Labute approximate surface area is 113 Å². The lowest BCUT2D eigenvalue weighted by molar-refractivity contribution is 0.0344. The molecular weight excluding hydrogens is 245 g/mol. The van der Waals surface area contributed by atoms with Crippen LogP contribution in [0.4, 0.5) is 15.8 Å². The molecule has 0 unspecified atom stereocenters. The first-order valence-electron chi connectivity index (χ1n) is 6.60. The molecule has 1 aliphatic rings. The summed E-state index contributed by atoms with van der Waals surface area (Å²) in [6, 6.07) is 4.82. The van der Waals surface area contributed by atoms with Crippen LogP contribution in [0.15, 0.2) is 18.2 Å². The number of benzene rings is 1. The van der Waals surface area contributed by atoms with Crippen LogP contribution < -0.4 is 10.6 Å². The number of nitrogens with zero attached hydrogens (tertiary/aromatic N) is 2. The van der Waals surface area contributed by atoms with Crippen LogP contribution in [0.5, 0.6) is 0 Å². The van der Waals surface area contributed by atoms with Crippen molar-refractivity contribution in [3.63, 3.8) is 0 Å². The summed E-state index contributed by atoms with van der Waals surface area (Å²) >= 11 is 0. The fraction of sp³-hybridized carbons (Fsp3) is 0.571. The Kier molecular flexibility index (Phi) is 3.96. The van der Waals surface area contributed by atoms with Crippen LogP contribution in [0.1, 0.15) is 13.8 Å². The van der Waals surface area contributed by atoms with Crippen LogP contribution in [-0.4, -0.2) is 48.3 Å². The maximum absolute atomic E-state index is 13.8. The first-order chi connectivity index (χ1) is 8.85. The number of anilines is 2. The van der Waals surface area contributed by atoms with Gasteiger partial charge in [-0.3, -0.25) is 4.90 Å². The molecule has 1 aromatic rings. The van der Waals surface area contributed by atoms with E-state index in [1.807, 2.05) is 4.90 Å². The molecule has 5 heteroatoms. The van der Waals surface area contributed by atoms with Crippen molar-refractivity contribution in [3.8, 4) is 0 Å². The number of hydrogen-bond donors (Lipinski definition) is 2. The van der Waals surface area contributed by atoms with Crippen molar-refractivity contribution in [2.75, 3.05) is 43.4 Å². The van der Waals surface area contributed by atoms with E-state index < -0.39 is 5.60 Å². The Morgan fingerprint density at radius 2 is 1.89 bits per heavy atom. The minimum atomic E-state index is -0.686. The van der Waals surface area contributed by atoms with Gasteiger partial charge in [-0.25, -0.2) is 4.39 Å². The SMILES string of the molecule is CC(C)(O)CN1CCN(c2ccc(N)cc2F)CC1. The first kappa shape index (κ1) is 14.1.